The van der Waals surface area contributed by atoms with E-state index in [4.69, 9.17) is 10.2 Å². The van der Waals surface area contributed by atoms with Crippen LogP contribution in [0.25, 0.3) is 0 Å². The first kappa shape index (κ1) is 18.5. The van der Waals surface area contributed by atoms with Gasteiger partial charge in [-0.25, -0.2) is 9.59 Å². The van der Waals surface area contributed by atoms with E-state index in [0.717, 1.165) is 6.42 Å². The van der Waals surface area contributed by atoms with Crippen LogP contribution in [0.4, 0.5) is 0 Å². The number of hydrogen-bond acceptors (Lipinski definition) is 4. The van der Waals surface area contributed by atoms with Crippen molar-refractivity contribution in [2.45, 2.75) is 39.2 Å². The molecule has 0 aliphatic carbocycles. The highest BCUT2D eigenvalue weighted by atomic mass is 32.2. The summed E-state index contributed by atoms with van der Waals surface area (Å²) < 4.78 is 0. The smallest absolute Gasteiger partial charge is 0.331 e. The minimum atomic E-state index is -1.07. The van der Waals surface area contributed by atoms with Crippen molar-refractivity contribution in [1.82, 2.24) is 5.32 Å². The molecule has 0 spiro atoms. The Kier molecular flexibility index (Phi) is 9.53. The first-order chi connectivity index (χ1) is 9.38. The number of carbonyl (C=O) groups is 3. The van der Waals surface area contributed by atoms with Crippen LogP contribution in [-0.4, -0.2) is 45.6 Å². The van der Waals surface area contributed by atoms with Gasteiger partial charge in [0.05, 0.1) is 0 Å². The van der Waals surface area contributed by atoms with E-state index in [-0.39, 0.29) is 11.7 Å². The van der Waals surface area contributed by atoms with Crippen LogP contribution in [-0.2, 0) is 14.4 Å². The fourth-order valence-electron chi connectivity index (χ4n) is 1.50. The van der Waals surface area contributed by atoms with E-state index in [1.807, 2.05) is 6.92 Å². The lowest BCUT2D eigenvalue weighted by Gasteiger charge is -2.12. The molecule has 6 nitrogen and oxygen atoms in total. The molecule has 0 rings (SSSR count). The predicted octanol–water partition coefficient (Wildman–Crippen LogP) is 1.51. The normalized spacial score (nSPS) is 12.8. The molecule has 0 bridgehead atoms. The number of aliphatic carboxylic acids is 2. The summed E-state index contributed by atoms with van der Waals surface area (Å²) >= 11 is 1.37. The number of allylic oxidation sites excluding steroid dienone is 1. The van der Waals surface area contributed by atoms with Crippen molar-refractivity contribution in [3.63, 3.8) is 0 Å². The molecule has 20 heavy (non-hydrogen) atoms. The van der Waals surface area contributed by atoms with E-state index >= 15 is 0 Å². The second-order valence-electron chi connectivity index (χ2n) is 4.24. The lowest BCUT2D eigenvalue weighted by Crippen LogP contribution is -2.41. The van der Waals surface area contributed by atoms with Gasteiger partial charge >= 0.3 is 11.9 Å². The van der Waals surface area contributed by atoms with E-state index < -0.39 is 18.0 Å². The van der Waals surface area contributed by atoms with Gasteiger partial charge in [-0.15, -0.1) is 0 Å². The highest BCUT2D eigenvalue weighted by molar-refractivity contribution is 7.99. The molecule has 114 valence electrons. The van der Waals surface area contributed by atoms with Crippen molar-refractivity contribution in [1.29, 1.82) is 0 Å². The van der Waals surface area contributed by atoms with Crippen molar-refractivity contribution < 1.29 is 24.6 Å². The number of carbonyl (C=O) groups excluding carboxylic acids is 1. The third-order valence-corrected chi connectivity index (χ3v) is 3.50. The molecule has 7 heteroatoms. The Labute approximate surface area is 122 Å². The van der Waals surface area contributed by atoms with E-state index in [0.29, 0.717) is 24.2 Å². The van der Waals surface area contributed by atoms with Gasteiger partial charge in [-0.3, -0.25) is 4.79 Å². The number of amides is 1. The van der Waals surface area contributed by atoms with E-state index in [9.17, 15) is 14.4 Å². The van der Waals surface area contributed by atoms with E-state index in [1.165, 1.54) is 18.7 Å². The molecular formula is C13H21NO5S. The average Bonchev–Trinajstić information content (AvgIpc) is 2.34. The van der Waals surface area contributed by atoms with Crippen LogP contribution >= 0.6 is 11.8 Å². The summed E-state index contributed by atoms with van der Waals surface area (Å²) in [4.78, 5) is 32.6. The average molecular weight is 303 g/mol. The standard InChI is InChI=1S/C13H21NO5S/c1-3-5-10(12(16)17)6-4-7-20-8-11(13(18)19)14-9(2)15/h6,11H,3-5,7-8H2,1-2H3,(H,14,15)(H,16,17)(H,18,19)/b10-6+/t11-/m0/s1. The molecule has 0 saturated carbocycles. The SMILES string of the molecule is CCC/C(=C\CCSC[C@H](NC(C)=O)C(=O)O)C(=O)O. The number of carboxylic acid groups (broad SMARTS) is 2. The maximum Gasteiger partial charge on any atom is 0.331 e. The van der Waals surface area contributed by atoms with Gasteiger partial charge in [0.25, 0.3) is 0 Å². The fourth-order valence-corrected chi connectivity index (χ4v) is 2.42. The first-order valence-corrected chi connectivity index (χ1v) is 7.53. The Balaban J connectivity index is 4.10. The molecule has 0 saturated heterocycles. The molecular weight excluding hydrogens is 282 g/mol. The molecule has 0 unspecified atom stereocenters. The van der Waals surface area contributed by atoms with Crippen molar-refractivity contribution in [3.8, 4) is 0 Å². The third-order valence-electron chi connectivity index (χ3n) is 2.41. The Hall–Kier alpha value is -1.50. The quantitative estimate of drug-likeness (QED) is 0.417. The zero-order valence-electron chi connectivity index (χ0n) is 11.7. The second kappa shape index (κ2) is 10.3. The molecule has 1 amide bonds. The Morgan fingerprint density at radius 2 is 1.95 bits per heavy atom. The van der Waals surface area contributed by atoms with Gasteiger partial charge in [-0.1, -0.05) is 19.4 Å². The number of nitrogens with one attached hydrogen (secondary N) is 1. The van der Waals surface area contributed by atoms with Crippen molar-refractivity contribution in [2.75, 3.05) is 11.5 Å². The largest absolute Gasteiger partial charge is 0.480 e. The summed E-state index contributed by atoms with van der Waals surface area (Å²) in [6.07, 6.45) is 3.55. The second-order valence-corrected chi connectivity index (χ2v) is 5.39. The van der Waals surface area contributed by atoms with Crippen molar-refractivity contribution >= 4 is 29.6 Å². The van der Waals surface area contributed by atoms with Gasteiger partial charge in [-0.2, -0.15) is 11.8 Å². The molecule has 0 heterocycles. The summed E-state index contributed by atoms with van der Waals surface area (Å²) in [6.45, 7) is 3.18. The minimum absolute atomic E-state index is 0.263. The van der Waals surface area contributed by atoms with Gasteiger partial charge in [0.1, 0.15) is 6.04 Å². The van der Waals surface area contributed by atoms with Crippen LogP contribution in [0.2, 0.25) is 0 Å². The summed E-state index contributed by atoms with van der Waals surface area (Å²) in [6, 6.07) is -0.906. The molecule has 0 radical (unpaired) electrons. The maximum absolute atomic E-state index is 10.9. The zero-order valence-corrected chi connectivity index (χ0v) is 12.5. The number of hydrogen-bond donors (Lipinski definition) is 3. The highest BCUT2D eigenvalue weighted by Gasteiger charge is 2.17. The zero-order chi connectivity index (χ0) is 15.5. The monoisotopic (exact) mass is 303 g/mol. The molecule has 0 aromatic carbocycles. The van der Waals surface area contributed by atoms with Crippen molar-refractivity contribution in [2.24, 2.45) is 0 Å². The lowest BCUT2D eigenvalue weighted by atomic mass is 10.1. The van der Waals surface area contributed by atoms with Crippen LogP contribution in [0.1, 0.15) is 33.1 Å². The first-order valence-electron chi connectivity index (χ1n) is 6.38. The number of carboxylic acids is 2. The summed E-state index contributed by atoms with van der Waals surface area (Å²) in [5.74, 6) is -1.48. The number of thioether (sulfide) groups is 1. The topological polar surface area (TPSA) is 104 Å². The molecule has 0 fully saturated rings. The lowest BCUT2D eigenvalue weighted by molar-refractivity contribution is -0.140. The van der Waals surface area contributed by atoms with E-state index in [1.54, 1.807) is 6.08 Å². The van der Waals surface area contributed by atoms with E-state index in [2.05, 4.69) is 5.32 Å². The number of rotatable bonds is 10. The Morgan fingerprint density at radius 3 is 2.40 bits per heavy atom. The summed E-state index contributed by atoms with van der Waals surface area (Å²) in [5.41, 5.74) is 0.393. The maximum atomic E-state index is 10.9. The molecule has 0 aromatic rings. The van der Waals surface area contributed by atoms with Crippen LogP contribution in [0.15, 0.2) is 11.6 Å². The summed E-state index contributed by atoms with van der Waals surface area (Å²) in [7, 11) is 0. The van der Waals surface area contributed by atoms with Crippen LogP contribution in [0.3, 0.4) is 0 Å². The predicted molar refractivity (Wildman–Crippen MR) is 77.8 cm³/mol. The molecule has 3 N–H and O–H groups in total. The van der Waals surface area contributed by atoms with Gasteiger partial charge in [-0.05, 0) is 18.6 Å². The highest BCUT2D eigenvalue weighted by Crippen LogP contribution is 2.10. The Morgan fingerprint density at radius 1 is 1.30 bits per heavy atom. The van der Waals surface area contributed by atoms with Crippen LogP contribution in [0.5, 0.6) is 0 Å². The molecule has 0 aromatic heterocycles. The van der Waals surface area contributed by atoms with Gasteiger partial charge in [0, 0.05) is 18.2 Å². The minimum Gasteiger partial charge on any atom is -0.480 e. The van der Waals surface area contributed by atoms with Gasteiger partial charge in [0.2, 0.25) is 5.91 Å². The van der Waals surface area contributed by atoms with Crippen molar-refractivity contribution in [3.05, 3.63) is 11.6 Å². The third kappa shape index (κ3) is 8.58. The van der Waals surface area contributed by atoms with Crippen LogP contribution < -0.4 is 5.32 Å². The van der Waals surface area contributed by atoms with Crippen LogP contribution in [0, 0.1) is 0 Å². The van der Waals surface area contributed by atoms with Gasteiger partial charge < -0.3 is 15.5 Å². The molecule has 1 atom stereocenters. The molecule has 0 aliphatic rings. The van der Waals surface area contributed by atoms with Gasteiger partial charge in [0.15, 0.2) is 0 Å². The Bertz CT molecular complexity index is 381. The molecule has 0 aliphatic heterocycles. The summed E-state index contributed by atoms with van der Waals surface area (Å²) in [5, 5.41) is 20.2. The fraction of sp³-hybridized carbons (Fsp3) is 0.615.